The van der Waals surface area contributed by atoms with E-state index in [1.165, 1.54) is 13.0 Å². The van der Waals surface area contributed by atoms with Gasteiger partial charge in [0.25, 0.3) is 0 Å². The van der Waals surface area contributed by atoms with Gasteiger partial charge >= 0.3 is 0 Å². The Hall–Kier alpha value is -1.71. The van der Waals surface area contributed by atoms with Crippen LogP contribution in [-0.2, 0) is 0 Å². The summed E-state index contributed by atoms with van der Waals surface area (Å²) in [4.78, 5) is 0. The van der Waals surface area contributed by atoms with Gasteiger partial charge in [-0.25, -0.2) is 13.2 Å². The lowest BCUT2D eigenvalue weighted by molar-refractivity contribution is 0.474. The molecule has 1 nitrogen and oxygen atoms in total. The van der Waals surface area contributed by atoms with Gasteiger partial charge in [0, 0.05) is 16.8 Å². The molecule has 0 radical (unpaired) electrons. The molecule has 17 heavy (non-hydrogen) atoms. The average molecular weight is 242 g/mol. The Morgan fingerprint density at radius 3 is 2.12 bits per heavy atom. The average Bonchev–Trinajstić information content (AvgIpc) is 2.28. The van der Waals surface area contributed by atoms with Crippen LogP contribution in [0.4, 0.5) is 13.2 Å². The molecule has 2 aromatic carbocycles. The molecule has 0 aromatic heterocycles. The Balaban J connectivity index is 0.000000686. The van der Waals surface area contributed by atoms with Gasteiger partial charge in [0.15, 0.2) is 11.6 Å². The number of phenolic OH excluding ortho intramolecular Hbond substituents is 1. The quantitative estimate of drug-likeness (QED) is 0.683. The molecule has 0 bridgehead atoms. The van der Waals surface area contributed by atoms with E-state index < -0.39 is 17.5 Å². The first-order valence-electron chi connectivity index (χ1n) is 5.27. The smallest absolute Gasteiger partial charge is 0.167 e. The maximum atomic E-state index is 13.3. The molecule has 1 N–H and O–H groups in total. The molecule has 0 saturated carbocycles. The van der Waals surface area contributed by atoms with Crippen LogP contribution in [0.2, 0.25) is 0 Å². The first kappa shape index (κ1) is 13.4. The molecule has 92 valence electrons. The van der Waals surface area contributed by atoms with Crippen molar-refractivity contribution in [2.24, 2.45) is 0 Å². The second-order valence-electron chi connectivity index (χ2n) is 3.34. The third-order valence-electron chi connectivity index (χ3n) is 2.26. The van der Waals surface area contributed by atoms with Crippen molar-refractivity contribution in [1.29, 1.82) is 0 Å². The Morgan fingerprint density at radius 2 is 1.53 bits per heavy atom. The van der Waals surface area contributed by atoms with Crippen molar-refractivity contribution in [3.63, 3.8) is 0 Å². The van der Waals surface area contributed by atoms with Gasteiger partial charge in [-0.2, -0.15) is 0 Å². The standard InChI is InChI=1S/C11H7F3O.C2H6/c1-5-2-6(15)3-7-8(12)4-9(13)11(14)10(5)7;1-2/h2-4,15H,1H3;1-2H3. The van der Waals surface area contributed by atoms with Crippen LogP contribution in [0.1, 0.15) is 19.4 Å². The van der Waals surface area contributed by atoms with Crippen LogP contribution >= 0.6 is 0 Å². The van der Waals surface area contributed by atoms with E-state index in [0.29, 0.717) is 11.6 Å². The topological polar surface area (TPSA) is 20.2 Å². The summed E-state index contributed by atoms with van der Waals surface area (Å²) < 4.78 is 39.5. The van der Waals surface area contributed by atoms with Crippen LogP contribution < -0.4 is 0 Å². The van der Waals surface area contributed by atoms with E-state index in [-0.39, 0.29) is 16.5 Å². The number of rotatable bonds is 0. The first-order chi connectivity index (χ1) is 8.00. The van der Waals surface area contributed by atoms with E-state index in [0.717, 1.165) is 6.07 Å². The number of aryl methyl sites for hydroxylation is 1. The summed E-state index contributed by atoms with van der Waals surface area (Å²) in [5.74, 6) is -3.38. The minimum Gasteiger partial charge on any atom is -0.508 e. The Bertz CT molecular complexity index is 550. The van der Waals surface area contributed by atoms with Crippen molar-refractivity contribution in [1.82, 2.24) is 0 Å². The molecule has 0 amide bonds. The highest BCUT2D eigenvalue weighted by Gasteiger charge is 2.14. The molecule has 0 aliphatic heterocycles. The highest BCUT2D eigenvalue weighted by atomic mass is 19.2. The van der Waals surface area contributed by atoms with Crippen molar-refractivity contribution in [2.75, 3.05) is 0 Å². The third-order valence-corrected chi connectivity index (χ3v) is 2.26. The van der Waals surface area contributed by atoms with Crippen LogP contribution in [0.15, 0.2) is 18.2 Å². The third kappa shape index (κ3) is 2.35. The Labute approximate surface area is 97.5 Å². The van der Waals surface area contributed by atoms with E-state index >= 15 is 0 Å². The van der Waals surface area contributed by atoms with Crippen molar-refractivity contribution >= 4 is 10.8 Å². The maximum absolute atomic E-state index is 13.3. The van der Waals surface area contributed by atoms with Gasteiger partial charge in [0.2, 0.25) is 0 Å². The number of aromatic hydroxyl groups is 1. The lowest BCUT2D eigenvalue weighted by Crippen LogP contribution is -1.92. The van der Waals surface area contributed by atoms with E-state index in [1.807, 2.05) is 13.8 Å². The molecule has 4 heteroatoms. The van der Waals surface area contributed by atoms with Crippen molar-refractivity contribution in [2.45, 2.75) is 20.8 Å². The predicted molar refractivity (Wildman–Crippen MR) is 61.6 cm³/mol. The molecule has 0 spiro atoms. The lowest BCUT2D eigenvalue weighted by atomic mass is 10.0. The van der Waals surface area contributed by atoms with Crippen molar-refractivity contribution in [3.8, 4) is 5.75 Å². The molecule has 0 aliphatic carbocycles. The fourth-order valence-corrected chi connectivity index (χ4v) is 1.62. The number of fused-ring (bicyclic) bond motifs is 1. The minimum atomic E-state index is -1.23. The van der Waals surface area contributed by atoms with Gasteiger partial charge in [-0.15, -0.1) is 0 Å². The highest BCUT2D eigenvalue weighted by Crippen LogP contribution is 2.29. The lowest BCUT2D eigenvalue weighted by Gasteiger charge is -2.06. The molecule has 0 aliphatic rings. The van der Waals surface area contributed by atoms with Gasteiger partial charge in [0.05, 0.1) is 0 Å². The fraction of sp³-hybridized carbons (Fsp3) is 0.231. The molecule has 2 rings (SSSR count). The van der Waals surface area contributed by atoms with Gasteiger partial charge in [-0.3, -0.25) is 0 Å². The number of halogens is 3. The number of hydrogen-bond acceptors (Lipinski definition) is 1. The summed E-state index contributed by atoms with van der Waals surface area (Å²) in [5.41, 5.74) is 0.293. The molecule has 2 aromatic rings. The van der Waals surface area contributed by atoms with Gasteiger partial charge in [0.1, 0.15) is 11.6 Å². The summed E-state index contributed by atoms with van der Waals surface area (Å²) >= 11 is 0. The second-order valence-corrected chi connectivity index (χ2v) is 3.34. The van der Waals surface area contributed by atoms with Gasteiger partial charge in [-0.1, -0.05) is 13.8 Å². The van der Waals surface area contributed by atoms with Crippen molar-refractivity contribution in [3.05, 3.63) is 41.2 Å². The zero-order valence-corrected chi connectivity index (χ0v) is 9.81. The van der Waals surface area contributed by atoms with E-state index in [4.69, 9.17) is 0 Å². The predicted octanol–water partition coefficient (Wildman–Crippen LogP) is 4.30. The summed E-state index contributed by atoms with van der Waals surface area (Å²) in [5, 5.41) is 8.96. The SMILES string of the molecule is CC.Cc1cc(O)cc2c(F)cc(F)c(F)c12. The molecule has 0 atom stereocenters. The highest BCUT2D eigenvalue weighted by molar-refractivity contribution is 5.88. The molecular formula is C13H13F3O. The minimum absolute atomic E-state index is 0.119. The van der Waals surface area contributed by atoms with Crippen LogP contribution in [0, 0.1) is 24.4 Å². The monoisotopic (exact) mass is 242 g/mol. The maximum Gasteiger partial charge on any atom is 0.167 e. The first-order valence-corrected chi connectivity index (χ1v) is 5.27. The van der Waals surface area contributed by atoms with E-state index in [9.17, 15) is 18.3 Å². The molecule has 0 saturated heterocycles. The Kier molecular flexibility index (Phi) is 3.99. The van der Waals surface area contributed by atoms with E-state index in [2.05, 4.69) is 0 Å². The fourth-order valence-electron chi connectivity index (χ4n) is 1.62. The number of hydrogen-bond donors (Lipinski definition) is 1. The largest absolute Gasteiger partial charge is 0.508 e. The molecular weight excluding hydrogens is 229 g/mol. The van der Waals surface area contributed by atoms with Gasteiger partial charge < -0.3 is 5.11 Å². The van der Waals surface area contributed by atoms with Crippen LogP contribution in [0.25, 0.3) is 10.8 Å². The summed E-state index contributed by atoms with van der Waals surface area (Å²) in [7, 11) is 0. The number of phenols is 1. The van der Waals surface area contributed by atoms with Crippen molar-refractivity contribution < 1.29 is 18.3 Å². The zero-order valence-electron chi connectivity index (χ0n) is 9.81. The normalized spacial score (nSPS) is 10.0. The molecule has 0 fully saturated rings. The summed E-state index contributed by atoms with van der Waals surface area (Å²) in [6.45, 7) is 5.48. The van der Waals surface area contributed by atoms with Crippen LogP contribution in [0.5, 0.6) is 5.75 Å². The number of benzene rings is 2. The second kappa shape index (κ2) is 5.08. The summed E-state index contributed by atoms with van der Waals surface area (Å²) in [6, 6.07) is 2.79. The van der Waals surface area contributed by atoms with E-state index in [1.54, 1.807) is 0 Å². The molecule has 0 heterocycles. The van der Waals surface area contributed by atoms with Gasteiger partial charge in [-0.05, 0) is 24.6 Å². The summed E-state index contributed by atoms with van der Waals surface area (Å²) in [6.07, 6.45) is 0. The van der Waals surface area contributed by atoms with Crippen LogP contribution in [-0.4, -0.2) is 5.11 Å². The molecule has 0 unspecified atom stereocenters. The van der Waals surface area contributed by atoms with Crippen LogP contribution in [0.3, 0.4) is 0 Å². The zero-order chi connectivity index (χ0) is 13.2. The Morgan fingerprint density at radius 1 is 0.941 bits per heavy atom.